The number of hydrogen-bond donors (Lipinski definition) is 0. The number of methoxy groups -OCH3 is 1. The first-order chi connectivity index (χ1) is 12.7. The maximum absolute atomic E-state index is 12.1. The molecule has 0 unspecified atom stereocenters. The largest absolute Gasteiger partial charge is 1.00 e. The SMILES string of the molecule is COc1ccc(C(=O)OCCc2sc[n+](Cc3ccccc3)c2C)cc1.[Cl-]. The van der Waals surface area contributed by atoms with Crippen LogP contribution >= 0.6 is 11.3 Å². The minimum Gasteiger partial charge on any atom is -1.00 e. The van der Waals surface area contributed by atoms with E-state index in [1.54, 1.807) is 42.7 Å². The van der Waals surface area contributed by atoms with Gasteiger partial charge in [-0.2, -0.15) is 4.57 Å². The van der Waals surface area contributed by atoms with Gasteiger partial charge in [-0.3, -0.25) is 0 Å². The molecule has 0 fully saturated rings. The molecule has 27 heavy (non-hydrogen) atoms. The summed E-state index contributed by atoms with van der Waals surface area (Å²) in [6, 6.07) is 17.3. The van der Waals surface area contributed by atoms with Gasteiger partial charge < -0.3 is 21.9 Å². The summed E-state index contributed by atoms with van der Waals surface area (Å²) in [6.07, 6.45) is 0.722. The van der Waals surface area contributed by atoms with E-state index in [2.05, 4.69) is 41.3 Å². The Hall–Kier alpha value is -2.37. The molecule has 142 valence electrons. The summed E-state index contributed by atoms with van der Waals surface area (Å²) in [4.78, 5) is 13.3. The molecule has 2 aromatic carbocycles. The fourth-order valence-corrected chi connectivity index (χ4v) is 3.65. The molecular weight excluding hydrogens is 382 g/mol. The van der Waals surface area contributed by atoms with Crippen LogP contribution in [-0.4, -0.2) is 19.7 Å². The Morgan fingerprint density at radius 2 is 1.78 bits per heavy atom. The molecule has 1 heterocycles. The van der Waals surface area contributed by atoms with Crippen molar-refractivity contribution in [2.45, 2.75) is 19.9 Å². The van der Waals surface area contributed by atoms with E-state index in [9.17, 15) is 4.79 Å². The zero-order chi connectivity index (χ0) is 18.4. The highest BCUT2D eigenvalue weighted by Gasteiger charge is 2.16. The van der Waals surface area contributed by atoms with E-state index in [1.165, 1.54) is 16.1 Å². The molecule has 0 radical (unpaired) electrons. The van der Waals surface area contributed by atoms with Crippen LogP contribution in [0.4, 0.5) is 0 Å². The van der Waals surface area contributed by atoms with E-state index < -0.39 is 0 Å². The Kier molecular flexibility index (Phi) is 7.82. The number of nitrogens with zero attached hydrogens (tertiary/aromatic N) is 1. The number of ether oxygens (including phenoxy) is 2. The second kappa shape index (κ2) is 10.1. The Labute approximate surface area is 169 Å². The van der Waals surface area contributed by atoms with Crippen LogP contribution in [-0.2, 0) is 17.7 Å². The Balaban J connectivity index is 0.00000261. The van der Waals surface area contributed by atoms with E-state index in [4.69, 9.17) is 9.47 Å². The maximum atomic E-state index is 12.1. The van der Waals surface area contributed by atoms with Gasteiger partial charge in [-0.15, -0.1) is 0 Å². The molecule has 0 amide bonds. The highest BCUT2D eigenvalue weighted by Crippen LogP contribution is 2.15. The quantitative estimate of drug-likeness (QED) is 0.433. The Morgan fingerprint density at radius 1 is 1.07 bits per heavy atom. The predicted molar refractivity (Wildman–Crippen MR) is 102 cm³/mol. The van der Waals surface area contributed by atoms with Crippen LogP contribution in [0, 0.1) is 6.92 Å². The number of carbonyl (C=O) groups is 1. The average molecular weight is 404 g/mol. The summed E-state index contributed by atoms with van der Waals surface area (Å²) >= 11 is 1.70. The van der Waals surface area contributed by atoms with Gasteiger partial charge in [-0.05, 0) is 24.3 Å². The van der Waals surface area contributed by atoms with E-state index in [0.29, 0.717) is 12.2 Å². The van der Waals surface area contributed by atoms with Gasteiger partial charge in [0, 0.05) is 18.9 Å². The van der Waals surface area contributed by atoms with Crippen molar-refractivity contribution in [2.24, 2.45) is 0 Å². The molecular formula is C21H22ClNO3S. The molecule has 4 nitrogen and oxygen atoms in total. The third-order valence-electron chi connectivity index (χ3n) is 4.24. The molecule has 0 N–H and O–H groups in total. The van der Waals surface area contributed by atoms with E-state index >= 15 is 0 Å². The van der Waals surface area contributed by atoms with Crippen molar-refractivity contribution in [3.8, 4) is 5.75 Å². The molecule has 0 aliphatic carbocycles. The third kappa shape index (κ3) is 5.55. The van der Waals surface area contributed by atoms with Crippen molar-refractivity contribution >= 4 is 17.3 Å². The summed E-state index contributed by atoms with van der Waals surface area (Å²) in [5.74, 6) is 0.415. The van der Waals surface area contributed by atoms with Crippen molar-refractivity contribution in [2.75, 3.05) is 13.7 Å². The van der Waals surface area contributed by atoms with E-state index in [0.717, 1.165) is 18.7 Å². The molecule has 1 aromatic heterocycles. The monoisotopic (exact) mass is 403 g/mol. The van der Waals surface area contributed by atoms with Gasteiger partial charge in [0.2, 0.25) is 5.51 Å². The lowest BCUT2D eigenvalue weighted by Gasteiger charge is -2.05. The fourth-order valence-electron chi connectivity index (χ4n) is 2.67. The van der Waals surface area contributed by atoms with Crippen LogP contribution in [0.5, 0.6) is 5.75 Å². The number of rotatable bonds is 7. The lowest BCUT2D eigenvalue weighted by atomic mass is 10.2. The second-order valence-corrected chi connectivity index (χ2v) is 6.90. The van der Waals surface area contributed by atoms with Gasteiger partial charge in [0.15, 0.2) is 12.2 Å². The van der Waals surface area contributed by atoms with Crippen molar-refractivity contribution in [1.29, 1.82) is 0 Å². The Morgan fingerprint density at radius 3 is 2.44 bits per heavy atom. The van der Waals surface area contributed by atoms with Crippen LogP contribution in [0.2, 0.25) is 0 Å². The average Bonchev–Trinajstić information content (AvgIpc) is 3.02. The summed E-state index contributed by atoms with van der Waals surface area (Å²) in [7, 11) is 1.60. The molecule has 0 atom stereocenters. The lowest BCUT2D eigenvalue weighted by molar-refractivity contribution is -0.689. The normalized spacial score (nSPS) is 10.1. The van der Waals surface area contributed by atoms with Crippen molar-refractivity contribution in [1.82, 2.24) is 0 Å². The van der Waals surface area contributed by atoms with E-state index in [-0.39, 0.29) is 18.4 Å². The maximum Gasteiger partial charge on any atom is 0.338 e. The first kappa shape index (κ1) is 20.9. The zero-order valence-electron chi connectivity index (χ0n) is 15.4. The first-order valence-corrected chi connectivity index (χ1v) is 9.37. The minimum absolute atomic E-state index is 0. The molecule has 0 aliphatic heterocycles. The van der Waals surface area contributed by atoms with Crippen LogP contribution in [0.3, 0.4) is 0 Å². The number of carbonyl (C=O) groups excluding carboxylic acids is 1. The highest BCUT2D eigenvalue weighted by molar-refractivity contribution is 7.09. The van der Waals surface area contributed by atoms with Gasteiger partial charge in [-0.25, -0.2) is 4.79 Å². The minimum atomic E-state index is -0.306. The molecule has 0 saturated heterocycles. The highest BCUT2D eigenvalue weighted by atomic mass is 35.5. The summed E-state index contributed by atoms with van der Waals surface area (Å²) < 4.78 is 12.7. The summed E-state index contributed by atoms with van der Waals surface area (Å²) in [6.45, 7) is 3.34. The van der Waals surface area contributed by atoms with Gasteiger partial charge in [0.1, 0.15) is 5.75 Å². The molecule has 0 spiro atoms. The van der Waals surface area contributed by atoms with Gasteiger partial charge >= 0.3 is 5.97 Å². The van der Waals surface area contributed by atoms with Gasteiger partial charge in [0.25, 0.3) is 0 Å². The van der Waals surface area contributed by atoms with Crippen LogP contribution in [0.15, 0.2) is 60.1 Å². The standard InChI is InChI=1S/C21H22NO3S.ClH/c1-16-20(26-15-22(16)14-17-6-4-3-5-7-17)12-13-25-21(23)18-8-10-19(24-2)11-9-18;/h3-11,15H,12-14H2,1-2H3;1H/q+1;/p-1. The topological polar surface area (TPSA) is 39.4 Å². The fraction of sp³-hybridized carbons (Fsp3) is 0.238. The molecule has 3 rings (SSSR count). The number of hydrogen-bond acceptors (Lipinski definition) is 4. The number of benzene rings is 2. The number of esters is 1. The molecule has 6 heteroatoms. The lowest BCUT2D eigenvalue weighted by Crippen LogP contribution is -3.00. The van der Waals surface area contributed by atoms with Crippen LogP contribution < -0.4 is 21.7 Å². The van der Waals surface area contributed by atoms with Gasteiger partial charge in [-0.1, -0.05) is 41.7 Å². The zero-order valence-corrected chi connectivity index (χ0v) is 16.9. The molecule has 0 saturated carbocycles. The van der Waals surface area contributed by atoms with Crippen LogP contribution in [0.1, 0.15) is 26.5 Å². The van der Waals surface area contributed by atoms with Crippen molar-refractivity contribution in [3.63, 3.8) is 0 Å². The van der Waals surface area contributed by atoms with Gasteiger partial charge in [0.05, 0.1) is 24.2 Å². The predicted octanol–water partition coefficient (Wildman–Crippen LogP) is 0.804. The van der Waals surface area contributed by atoms with E-state index in [1.807, 2.05) is 6.07 Å². The third-order valence-corrected chi connectivity index (χ3v) is 5.38. The number of thiazole rings is 1. The molecule has 0 aliphatic rings. The molecule has 3 aromatic rings. The number of halogens is 1. The smallest absolute Gasteiger partial charge is 0.338 e. The number of aromatic nitrogens is 1. The van der Waals surface area contributed by atoms with Crippen molar-refractivity contribution < 1.29 is 31.2 Å². The molecule has 0 bridgehead atoms. The van der Waals surface area contributed by atoms with Crippen LogP contribution in [0.25, 0.3) is 0 Å². The van der Waals surface area contributed by atoms with Crippen molar-refractivity contribution in [3.05, 3.63) is 81.8 Å². The first-order valence-electron chi connectivity index (χ1n) is 8.49. The summed E-state index contributed by atoms with van der Waals surface area (Å²) in [5.41, 5.74) is 5.16. The summed E-state index contributed by atoms with van der Waals surface area (Å²) in [5, 5.41) is 0. The Bertz CT molecular complexity index is 863. The second-order valence-electron chi connectivity index (χ2n) is 5.96.